The number of aromatic nitrogens is 4. The van der Waals surface area contributed by atoms with E-state index in [0.717, 1.165) is 24.1 Å². The number of nitrogens with zero attached hydrogens (tertiary/aromatic N) is 4. The van der Waals surface area contributed by atoms with Crippen LogP contribution in [0.4, 0.5) is 13.2 Å². The Labute approximate surface area is 187 Å². The van der Waals surface area contributed by atoms with Crippen LogP contribution in [0.1, 0.15) is 23.2 Å². The Kier molecular flexibility index (Phi) is 6.45. The van der Waals surface area contributed by atoms with Gasteiger partial charge in [0.25, 0.3) is 5.89 Å². The molecule has 0 atom stereocenters. The van der Waals surface area contributed by atoms with Crippen LogP contribution in [0.2, 0.25) is 0 Å². The van der Waals surface area contributed by atoms with Gasteiger partial charge < -0.3 is 14.4 Å². The van der Waals surface area contributed by atoms with Gasteiger partial charge in [-0.25, -0.2) is 0 Å². The van der Waals surface area contributed by atoms with E-state index in [0.29, 0.717) is 17.8 Å². The van der Waals surface area contributed by atoms with E-state index in [1.54, 1.807) is 0 Å². The second-order valence-corrected chi connectivity index (χ2v) is 7.47. The highest BCUT2D eigenvalue weighted by molar-refractivity contribution is 5.58. The van der Waals surface area contributed by atoms with E-state index in [9.17, 15) is 13.2 Å². The van der Waals surface area contributed by atoms with Crippen molar-refractivity contribution < 1.29 is 27.5 Å². The summed E-state index contributed by atoms with van der Waals surface area (Å²) in [6, 6.07) is 15.2. The molecular weight excluding hydrogens is 437 g/mol. The zero-order chi connectivity index (χ0) is 23.4. The third kappa shape index (κ3) is 5.78. The van der Waals surface area contributed by atoms with Crippen molar-refractivity contribution >= 4 is 0 Å². The number of aryl methyl sites for hydroxylation is 2. The second-order valence-electron chi connectivity index (χ2n) is 7.47. The second kappa shape index (κ2) is 9.45. The van der Waals surface area contributed by atoms with Crippen LogP contribution in [0.5, 0.6) is 5.75 Å². The molecule has 0 bridgehead atoms. The molecule has 2 heterocycles. The number of hydrogen-bond donors (Lipinski definition) is 1. The van der Waals surface area contributed by atoms with Crippen LogP contribution >= 0.6 is 0 Å². The Morgan fingerprint density at radius 3 is 2.39 bits per heavy atom. The molecule has 10 heteroatoms. The van der Waals surface area contributed by atoms with Crippen molar-refractivity contribution in [3.05, 3.63) is 71.4 Å². The molecule has 0 spiro atoms. The smallest absolute Gasteiger partial charge is 0.406 e. The van der Waals surface area contributed by atoms with E-state index in [-0.39, 0.29) is 24.1 Å². The van der Waals surface area contributed by atoms with Crippen molar-refractivity contribution in [1.29, 1.82) is 0 Å². The third-order valence-electron chi connectivity index (χ3n) is 4.95. The quantitative estimate of drug-likeness (QED) is 0.409. The Morgan fingerprint density at radius 2 is 1.73 bits per heavy atom. The Morgan fingerprint density at radius 1 is 1.03 bits per heavy atom. The van der Waals surface area contributed by atoms with Gasteiger partial charge >= 0.3 is 6.36 Å². The normalized spacial score (nSPS) is 11.7. The summed E-state index contributed by atoms with van der Waals surface area (Å²) in [5, 5.41) is 17.4. The molecular formula is C23H21F3N4O3. The summed E-state index contributed by atoms with van der Waals surface area (Å²) in [7, 11) is 0. The number of hydrogen-bond acceptors (Lipinski definition) is 6. The molecule has 0 aliphatic heterocycles. The largest absolute Gasteiger partial charge is 0.573 e. The molecule has 0 fully saturated rings. The van der Waals surface area contributed by atoms with Crippen LogP contribution in [-0.4, -0.2) is 38.0 Å². The molecule has 0 amide bonds. The van der Waals surface area contributed by atoms with Gasteiger partial charge in [0.1, 0.15) is 5.75 Å². The monoisotopic (exact) mass is 458 g/mol. The molecule has 4 aromatic rings. The summed E-state index contributed by atoms with van der Waals surface area (Å²) < 4.78 is 47.9. The minimum Gasteiger partial charge on any atom is -0.406 e. The summed E-state index contributed by atoms with van der Waals surface area (Å²) in [6.07, 6.45) is -3.18. The zero-order valence-corrected chi connectivity index (χ0v) is 17.7. The van der Waals surface area contributed by atoms with E-state index in [4.69, 9.17) is 9.63 Å². The fraction of sp³-hybridized carbons (Fsp3) is 0.261. The fourth-order valence-electron chi connectivity index (χ4n) is 3.29. The Bertz CT molecular complexity index is 1200. The molecule has 172 valence electrons. The first-order valence-electron chi connectivity index (χ1n) is 10.2. The topological polar surface area (TPSA) is 86.2 Å². The highest BCUT2D eigenvalue weighted by Crippen LogP contribution is 2.27. The lowest BCUT2D eigenvalue weighted by Crippen LogP contribution is -2.16. The first-order chi connectivity index (χ1) is 15.8. The molecule has 7 nitrogen and oxygen atoms in total. The lowest BCUT2D eigenvalue weighted by atomic mass is 10.1. The number of aliphatic hydroxyl groups is 1. The van der Waals surface area contributed by atoms with Gasteiger partial charge in [-0.15, -0.1) is 13.2 Å². The Hall–Kier alpha value is -3.66. The lowest BCUT2D eigenvalue weighted by molar-refractivity contribution is -0.274. The van der Waals surface area contributed by atoms with Crippen LogP contribution in [0, 0.1) is 6.92 Å². The number of aliphatic hydroxyl groups excluding tert-OH is 1. The number of ether oxygens (including phenoxy) is 1. The SMILES string of the molecule is Cc1cc(-c2nc(-c3ccc(OC(F)(F)F)cc3)no2)nn1Cc1ccc(CCCO)cc1. The van der Waals surface area contributed by atoms with Crippen molar-refractivity contribution in [3.8, 4) is 28.7 Å². The minimum atomic E-state index is -4.75. The van der Waals surface area contributed by atoms with Crippen LogP contribution in [0.15, 0.2) is 59.1 Å². The molecule has 0 radical (unpaired) electrons. The molecule has 2 aromatic carbocycles. The fourth-order valence-corrected chi connectivity index (χ4v) is 3.29. The lowest BCUT2D eigenvalue weighted by Gasteiger charge is -2.08. The van der Waals surface area contributed by atoms with Crippen molar-refractivity contribution in [2.75, 3.05) is 6.61 Å². The molecule has 0 aliphatic rings. The summed E-state index contributed by atoms with van der Waals surface area (Å²) in [5.74, 6) is 0.113. The minimum absolute atomic E-state index is 0.173. The number of benzene rings is 2. The van der Waals surface area contributed by atoms with Crippen molar-refractivity contribution in [3.63, 3.8) is 0 Å². The molecule has 4 rings (SSSR count). The van der Waals surface area contributed by atoms with Gasteiger partial charge in [0.05, 0.1) is 6.54 Å². The van der Waals surface area contributed by atoms with Crippen LogP contribution in [-0.2, 0) is 13.0 Å². The van der Waals surface area contributed by atoms with Crippen LogP contribution < -0.4 is 4.74 Å². The van der Waals surface area contributed by atoms with Crippen LogP contribution in [0.25, 0.3) is 23.0 Å². The first kappa shape index (κ1) is 22.5. The molecule has 0 unspecified atom stereocenters. The van der Waals surface area contributed by atoms with Gasteiger partial charge in [0.2, 0.25) is 5.82 Å². The molecule has 0 saturated carbocycles. The maximum absolute atomic E-state index is 12.3. The summed E-state index contributed by atoms with van der Waals surface area (Å²) in [6.45, 7) is 2.66. The van der Waals surface area contributed by atoms with Crippen molar-refractivity contribution in [2.24, 2.45) is 0 Å². The van der Waals surface area contributed by atoms with Gasteiger partial charge in [-0.2, -0.15) is 10.1 Å². The van der Waals surface area contributed by atoms with E-state index in [1.165, 1.54) is 29.8 Å². The van der Waals surface area contributed by atoms with Crippen molar-refractivity contribution in [1.82, 2.24) is 19.9 Å². The third-order valence-corrected chi connectivity index (χ3v) is 4.95. The maximum atomic E-state index is 12.3. The molecule has 1 N–H and O–H groups in total. The standard InChI is InChI=1S/C23H21F3N4O3/c1-15-13-20(28-30(15)14-17-6-4-16(5-7-17)3-2-12-31)22-27-21(29-33-22)18-8-10-19(11-9-18)32-23(24,25)26/h4-11,13,31H,2-3,12,14H2,1H3. The summed E-state index contributed by atoms with van der Waals surface area (Å²) >= 11 is 0. The Balaban J connectivity index is 1.46. The highest BCUT2D eigenvalue weighted by atomic mass is 19.4. The number of alkyl halides is 3. The maximum Gasteiger partial charge on any atom is 0.573 e. The number of rotatable bonds is 8. The summed E-state index contributed by atoms with van der Waals surface area (Å²) in [5.41, 5.74) is 4.14. The van der Waals surface area contributed by atoms with E-state index < -0.39 is 6.36 Å². The summed E-state index contributed by atoms with van der Waals surface area (Å²) in [4.78, 5) is 4.32. The predicted octanol–water partition coefficient (Wildman–Crippen LogP) is 4.78. The molecule has 2 aromatic heterocycles. The average molecular weight is 458 g/mol. The van der Waals surface area contributed by atoms with E-state index >= 15 is 0 Å². The molecule has 0 aliphatic carbocycles. The molecule has 33 heavy (non-hydrogen) atoms. The highest BCUT2D eigenvalue weighted by Gasteiger charge is 2.31. The first-order valence-corrected chi connectivity index (χ1v) is 10.2. The average Bonchev–Trinajstić information content (AvgIpc) is 3.40. The molecule has 0 saturated heterocycles. The van der Waals surface area contributed by atoms with Gasteiger partial charge in [-0.1, -0.05) is 29.4 Å². The zero-order valence-electron chi connectivity index (χ0n) is 17.7. The van der Waals surface area contributed by atoms with Gasteiger partial charge in [0, 0.05) is 17.9 Å². The number of halogens is 3. The predicted molar refractivity (Wildman–Crippen MR) is 113 cm³/mol. The van der Waals surface area contributed by atoms with Gasteiger partial charge in [-0.05, 0) is 61.2 Å². The van der Waals surface area contributed by atoms with Gasteiger partial charge in [-0.3, -0.25) is 4.68 Å². The van der Waals surface area contributed by atoms with Crippen molar-refractivity contribution in [2.45, 2.75) is 32.7 Å². The van der Waals surface area contributed by atoms with E-state index in [1.807, 2.05) is 41.9 Å². The van der Waals surface area contributed by atoms with Gasteiger partial charge in [0.15, 0.2) is 5.69 Å². The van der Waals surface area contributed by atoms with E-state index in [2.05, 4.69) is 20.0 Å². The van der Waals surface area contributed by atoms with Crippen LogP contribution in [0.3, 0.4) is 0 Å².